The van der Waals surface area contributed by atoms with Crippen LogP contribution in [-0.2, 0) is 0 Å². The zero-order valence-electron chi connectivity index (χ0n) is 8.37. The molecular formula is C11H13FN2O. The Morgan fingerprint density at radius 2 is 2.40 bits per heavy atom. The fourth-order valence-corrected chi connectivity index (χ4v) is 1.86. The fourth-order valence-electron chi connectivity index (χ4n) is 1.86. The first-order valence-electron chi connectivity index (χ1n) is 5.13. The van der Waals surface area contributed by atoms with Gasteiger partial charge in [-0.3, -0.25) is 9.78 Å². The maximum atomic E-state index is 12.9. The van der Waals surface area contributed by atoms with E-state index >= 15 is 0 Å². The van der Waals surface area contributed by atoms with Crippen LogP contribution in [0.15, 0.2) is 18.5 Å². The molecule has 2 heterocycles. The Hall–Kier alpha value is -1.29. The average Bonchev–Trinajstić information content (AvgIpc) is 2.29. The Kier molecular flexibility index (Phi) is 3.06. The van der Waals surface area contributed by atoms with E-state index in [1.807, 2.05) is 0 Å². The SMILES string of the molecule is O=C(c1cncc(F)c1)C1CCCNC1. The second-order valence-electron chi connectivity index (χ2n) is 3.80. The molecule has 0 bridgehead atoms. The van der Waals surface area contributed by atoms with Crippen molar-refractivity contribution in [2.24, 2.45) is 5.92 Å². The molecule has 1 unspecified atom stereocenters. The van der Waals surface area contributed by atoms with E-state index in [0.717, 1.165) is 25.6 Å². The fraction of sp³-hybridized carbons (Fsp3) is 0.455. The normalized spacial score (nSPS) is 21.3. The van der Waals surface area contributed by atoms with Crippen LogP contribution in [0.4, 0.5) is 4.39 Å². The van der Waals surface area contributed by atoms with Crippen LogP contribution in [0.1, 0.15) is 23.2 Å². The summed E-state index contributed by atoms with van der Waals surface area (Å²) in [7, 11) is 0. The molecule has 0 aliphatic carbocycles. The molecule has 0 amide bonds. The van der Waals surface area contributed by atoms with E-state index in [9.17, 15) is 9.18 Å². The van der Waals surface area contributed by atoms with Crippen molar-refractivity contribution < 1.29 is 9.18 Å². The number of pyridine rings is 1. The lowest BCUT2D eigenvalue weighted by Gasteiger charge is -2.21. The standard InChI is InChI=1S/C11H13FN2O/c12-10-4-9(6-14-7-10)11(15)8-2-1-3-13-5-8/h4,6-8,13H,1-3,5H2. The number of carbonyl (C=O) groups excluding carboxylic acids is 1. The van der Waals surface area contributed by atoms with E-state index in [2.05, 4.69) is 10.3 Å². The maximum Gasteiger partial charge on any atom is 0.168 e. The van der Waals surface area contributed by atoms with Crippen LogP contribution in [0, 0.1) is 11.7 Å². The largest absolute Gasteiger partial charge is 0.316 e. The summed E-state index contributed by atoms with van der Waals surface area (Å²) in [6.07, 6.45) is 4.41. The molecule has 1 aromatic rings. The first-order chi connectivity index (χ1) is 7.27. The molecule has 0 saturated carbocycles. The van der Waals surface area contributed by atoms with Crippen LogP contribution in [0.5, 0.6) is 0 Å². The van der Waals surface area contributed by atoms with Gasteiger partial charge in [0.15, 0.2) is 5.78 Å². The van der Waals surface area contributed by atoms with Gasteiger partial charge >= 0.3 is 0 Å². The third-order valence-corrected chi connectivity index (χ3v) is 2.66. The minimum absolute atomic E-state index is 0.00537. The molecule has 1 aromatic heterocycles. The van der Waals surface area contributed by atoms with Gasteiger partial charge in [-0.05, 0) is 25.5 Å². The monoisotopic (exact) mass is 208 g/mol. The van der Waals surface area contributed by atoms with Crippen molar-refractivity contribution in [2.45, 2.75) is 12.8 Å². The molecule has 15 heavy (non-hydrogen) atoms. The Bertz CT molecular complexity index is 361. The van der Waals surface area contributed by atoms with Crippen LogP contribution in [0.3, 0.4) is 0 Å². The third kappa shape index (κ3) is 2.39. The molecule has 0 spiro atoms. The first-order valence-corrected chi connectivity index (χ1v) is 5.13. The van der Waals surface area contributed by atoms with Crippen molar-refractivity contribution in [2.75, 3.05) is 13.1 Å². The zero-order chi connectivity index (χ0) is 10.7. The van der Waals surface area contributed by atoms with E-state index in [-0.39, 0.29) is 11.7 Å². The van der Waals surface area contributed by atoms with Gasteiger partial charge in [0.25, 0.3) is 0 Å². The van der Waals surface area contributed by atoms with Gasteiger partial charge in [0.2, 0.25) is 0 Å². The van der Waals surface area contributed by atoms with Gasteiger partial charge in [0, 0.05) is 24.2 Å². The van der Waals surface area contributed by atoms with Crippen LogP contribution in [0.25, 0.3) is 0 Å². The lowest BCUT2D eigenvalue weighted by atomic mass is 9.92. The molecule has 1 N–H and O–H groups in total. The van der Waals surface area contributed by atoms with Gasteiger partial charge in [-0.15, -0.1) is 0 Å². The van der Waals surface area contributed by atoms with Crippen LogP contribution in [0.2, 0.25) is 0 Å². The zero-order valence-corrected chi connectivity index (χ0v) is 8.37. The van der Waals surface area contributed by atoms with E-state index in [0.29, 0.717) is 12.1 Å². The van der Waals surface area contributed by atoms with Gasteiger partial charge in [-0.2, -0.15) is 0 Å². The van der Waals surface area contributed by atoms with Crippen molar-refractivity contribution in [1.29, 1.82) is 0 Å². The van der Waals surface area contributed by atoms with Crippen molar-refractivity contribution in [3.63, 3.8) is 0 Å². The number of Topliss-reactive ketones (excluding diaryl/α,β-unsaturated/α-hetero) is 1. The van der Waals surface area contributed by atoms with Crippen LogP contribution in [-0.4, -0.2) is 23.9 Å². The second-order valence-corrected chi connectivity index (χ2v) is 3.80. The number of hydrogen-bond donors (Lipinski definition) is 1. The number of halogens is 1. The Labute approximate surface area is 87.7 Å². The van der Waals surface area contributed by atoms with Gasteiger partial charge in [-0.1, -0.05) is 0 Å². The minimum atomic E-state index is -0.454. The number of nitrogens with zero attached hydrogens (tertiary/aromatic N) is 1. The summed E-state index contributed by atoms with van der Waals surface area (Å²) in [6.45, 7) is 1.65. The summed E-state index contributed by atoms with van der Waals surface area (Å²) < 4.78 is 12.9. The number of rotatable bonds is 2. The highest BCUT2D eigenvalue weighted by Crippen LogP contribution is 2.16. The smallest absolute Gasteiger partial charge is 0.168 e. The van der Waals surface area contributed by atoms with Gasteiger partial charge in [-0.25, -0.2) is 4.39 Å². The van der Waals surface area contributed by atoms with Crippen molar-refractivity contribution in [3.05, 3.63) is 29.8 Å². The molecule has 1 aliphatic rings. The molecule has 1 atom stereocenters. The molecule has 1 fully saturated rings. The molecule has 3 nitrogen and oxygen atoms in total. The van der Waals surface area contributed by atoms with E-state index in [1.165, 1.54) is 12.3 Å². The molecule has 0 aromatic carbocycles. The average molecular weight is 208 g/mol. The highest BCUT2D eigenvalue weighted by molar-refractivity contribution is 5.97. The van der Waals surface area contributed by atoms with E-state index in [1.54, 1.807) is 0 Å². The number of carbonyl (C=O) groups is 1. The maximum absolute atomic E-state index is 12.9. The van der Waals surface area contributed by atoms with Crippen LogP contribution >= 0.6 is 0 Å². The lowest BCUT2D eigenvalue weighted by molar-refractivity contribution is 0.0899. The number of ketones is 1. The summed E-state index contributed by atoms with van der Waals surface area (Å²) in [4.78, 5) is 15.6. The number of nitrogens with one attached hydrogen (secondary N) is 1. The van der Waals surface area contributed by atoms with Crippen LogP contribution < -0.4 is 5.32 Å². The highest BCUT2D eigenvalue weighted by Gasteiger charge is 2.22. The van der Waals surface area contributed by atoms with Gasteiger partial charge in [0.05, 0.1) is 6.20 Å². The van der Waals surface area contributed by atoms with Crippen molar-refractivity contribution >= 4 is 5.78 Å². The first kappa shape index (κ1) is 10.2. The van der Waals surface area contributed by atoms with Gasteiger partial charge in [0.1, 0.15) is 5.82 Å². The van der Waals surface area contributed by atoms with Crippen molar-refractivity contribution in [1.82, 2.24) is 10.3 Å². The summed E-state index contributed by atoms with van der Waals surface area (Å²) in [5, 5.41) is 3.17. The minimum Gasteiger partial charge on any atom is -0.316 e. The molecule has 1 saturated heterocycles. The lowest BCUT2D eigenvalue weighted by Crippen LogP contribution is -2.34. The summed E-state index contributed by atoms with van der Waals surface area (Å²) >= 11 is 0. The third-order valence-electron chi connectivity index (χ3n) is 2.66. The Morgan fingerprint density at radius 1 is 1.53 bits per heavy atom. The van der Waals surface area contributed by atoms with Gasteiger partial charge < -0.3 is 5.32 Å². The number of hydrogen-bond acceptors (Lipinski definition) is 3. The molecule has 2 rings (SSSR count). The predicted molar refractivity (Wildman–Crippen MR) is 54.1 cm³/mol. The second kappa shape index (κ2) is 4.49. The van der Waals surface area contributed by atoms with Crippen molar-refractivity contribution in [3.8, 4) is 0 Å². The molecule has 80 valence electrons. The predicted octanol–water partition coefficient (Wildman–Crippen LogP) is 1.40. The molecule has 0 radical (unpaired) electrons. The van der Waals surface area contributed by atoms with E-state index < -0.39 is 5.82 Å². The Morgan fingerprint density at radius 3 is 3.07 bits per heavy atom. The number of aromatic nitrogens is 1. The Balaban J connectivity index is 2.12. The number of piperidine rings is 1. The quantitative estimate of drug-likeness (QED) is 0.747. The van der Waals surface area contributed by atoms with E-state index in [4.69, 9.17) is 0 Å². The molecular weight excluding hydrogens is 195 g/mol. The molecule has 4 heteroatoms. The topological polar surface area (TPSA) is 42.0 Å². The summed E-state index contributed by atoms with van der Waals surface area (Å²) in [5.74, 6) is -0.485. The summed E-state index contributed by atoms with van der Waals surface area (Å²) in [6, 6.07) is 1.25. The molecule has 1 aliphatic heterocycles. The highest BCUT2D eigenvalue weighted by atomic mass is 19.1. The summed E-state index contributed by atoms with van der Waals surface area (Å²) in [5.41, 5.74) is 0.378.